The summed E-state index contributed by atoms with van der Waals surface area (Å²) in [5.74, 6) is 0. The summed E-state index contributed by atoms with van der Waals surface area (Å²) in [4.78, 5) is 0.347. The van der Waals surface area contributed by atoms with E-state index in [4.69, 9.17) is 5.73 Å². The van der Waals surface area contributed by atoms with Gasteiger partial charge in [0.05, 0.1) is 4.90 Å². The number of rotatable bonds is 4. The second-order valence-electron chi connectivity index (χ2n) is 4.81. The first-order valence-corrected chi connectivity index (χ1v) is 7.77. The van der Waals surface area contributed by atoms with Gasteiger partial charge in [0.2, 0.25) is 10.0 Å². The molecule has 1 aliphatic rings. The molecule has 1 saturated carbocycles. The molecule has 100 valence electrons. The van der Waals surface area contributed by atoms with Crippen molar-refractivity contribution in [1.29, 1.82) is 0 Å². The summed E-state index contributed by atoms with van der Waals surface area (Å²) < 4.78 is 26.5. The van der Waals surface area contributed by atoms with Crippen LogP contribution in [0.3, 0.4) is 0 Å². The minimum Gasteiger partial charge on any atom is -0.326 e. The van der Waals surface area contributed by atoms with Gasteiger partial charge in [-0.15, -0.1) is 0 Å². The summed E-state index contributed by atoms with van der Waals surface area (Å²) in [5.41, 5.74) is 6.40. The second-order valence-corrected chi connectivity index (χ2v) is 6.81. The van der Waals surface area contributed by atoms with Gasteiger partial charge in [-0.1, -0.05) is 25.0 Å². The number of hydrogen-bond acceptors (Lipinski definition) is 3. The van der Waals surface area contributed by atoms with Crippen LogP contribution in [0.5, 0.6) is 0 Å². The number of nitrogens with two attached hydrogens (primary N) is 1. The molecule has 0 amide bonds. The van der Waals surface area contributed by atoms with E-state index < -0.39 is 10.0 Å². The van der Waals surface area contributed by atoms with Crippen LogP contribution in [-0.4, -0.2) is 25.8 Å². The van der Waals surface area contributed by atoms with Gasteiger partial charge in [-0.2, -0.15) is 4.31 Å². The van der Waals surface area contributed by atoms with Crippen molar-refractivity contribution in [2.45, 2.75) is 43.2 Å². The van der Waals surface area contributed by atoms with Crippen molar-refractivity contribution in [3.8, 4) is 0 Å². The maximum absolute atomic E-state index is 12.5. The molecule has 1 aromatic carbocycles. The number of benzene rings is 1. The molecular formula is C13H20N2O2S. The maximum atomic E-state index is 12.5. The van der Waals surface area contributed by atoms with E-state index in [1.165, 1.54) is 4.31 Å². The first kappa shape index (κ1) is 13.5. The monoisotopic (exact) mass is 268 g/mol. The third-order valence-electron chi connectivity index (χ3n) is 3.65. The molecule has 1 aliphatic carbocycles. The lowest BCUT2D eigenvalue weighted by atomic mass is 10.2. The fourth-order valence-electron chi connectivity index (χ4n) is 2.46. The Labute approximate surface area is 109 Å². The zero-order valence-electron chi connectivity index (χ0n) is 10.7. The van der Waals surface area contributed by atoms with Crippen LogP contribution in [0.15, 0.2) is 29.2 Å². The highest BCUT2D eigenvalue weighted by Gasteiger charge is 2.29. The zero-order valence-corrected chi connectivity index (χ0v) is 11.5. The highest BCUT2D eigenvalue weighted by molar-refractivity contribution is 7.89. The average Bonchev–Trinajstić information content (AvgIpc) is 2.91. The van der Waals surface area contributed by atoms with E-state index in [1.54, 1.807) is 25.2 Å². The Morgan fingerprint density at radius 3 is 2.61 bits per heavy atom. The topological polar surface area (TPSA) is 63.4 Å². The molecule has 0 unspecified atom stereocenters. The zero-order chi connectivity index (χ0) is 13.2. The van der Waals surface area contributed by atoms with Crippen molar-refractivity contribution in [2.24, 2.45) is 5.73 Å². The molecule has 0 saturated heterocycles. The standard InChI is InChI=1S/C13H20N2O2S/c1-15(12-6-2-3-7-12)18(16,17)13-8-4-5-11(9-13)10-14/h4-5,8-9,12H,2-3,6-7,10,14H2,1H3. The van der Waals surface area contributed by atoms with E-state index >= 15 is 0 Å². The highest BCUT2D eigenvalue weighted by Crippen LogP contribution is 2.27. The first-order valence-electron chi connectivity index (χ1n) is 6.33. The molecule has 0 heterocycles. The molecule has 18 heavy (non-hydrogen) atoms. The quantitative estimate of drug-likeness (QED) is 0.904. The minimum absolute atomic E-state index is 0.150. The van der Waals surface area contributed by atoms with Gasteiger partial charge in [-0.05, 0) is 30.5 Å². The van der Waals surface area contributed by atoms with Crippen LogP contribution >= 0.6 is 0 Å². The SMILES string of the molecule is CN(C1CCCC1)S(=O)(=O)c1cccc(CN)c1. The Balaban J connectivity index is 2.28. The van der Waals surface area contributed by atoms with Crippen molar-refractivity contribution in [3.63, 3.8) is 0 Å². The van der Waals surface area contributed by atoms with E-state index in [9.17, 15) is 8.42 Å². The molecule has 0 aromatic heterocycles. The first-order chi connectivity index (χ1) is 8.55. The normalized spacial score (nSPS) is 17.5. The van der Waals surface area contributed by atoms with Gasteiger partial charge in [0, 0.05) is 19.6 Å². The Kier molecular flexibility index (Phi) is 4.04. The van der Waals surface area contributed by atoms with Gasteiger partial charge in [0.1, 0.15) is 0 Å². The van der Waals surface area contributed by atoms with Crippen molar-refractivity contribution in [2.75, 3.05) is 7.05 Å². The second kappa shape index (κ2) is 5.38. The molecule has 1 aromatic rings. The molecule has 4 nitrogen and oxygen atoms in total. The van der Waals surface area contributed by atoms with E-state index in [1.807, 2.05) is 6.07 Å². The van der Waals surface area contributed by atoms with Gasteiger partial charge >= 0.3 is 0 Å². The molecular weight excluding hydrogens is 248 g/mol. The summed E-state index contributed by atoms with van der Waals surface area (Å²) >= 11 is 0. The summed E-state index contributed by atoms with van der Waals surface area (Å²) in [6.07, 6.45) is 4.17. The third kappa shape index (κ3) is 2.58. The van der Waals surface area contributed by atoms with Crippen molar-refractivity contribution >= 4 is 10.0 Å². The molecule has 0 aliphatic heterocycles. The van der Waals surface area contributed by atoms with Crippen LogP contribution < -0.4 is 5.73 Å². The predicted molar refractivity (Wildman–Crippen MR) is 71.5 cm³/mol. The van der Waals surface area contributed by atoms with E-state index in [2.05, 4.69) is 0 Å². The molecule has 0 radical (unpaired) electrons. The van der Waals surface area contributed by atoms with Crippen LogP contribution in [0.25, 0.3) is 0 Å². The third-order valence-corrected chi connectivity index (χ3v) is 5.56. The molecule has 0 bridgehead atoms. The van der Waals surface area contributed by atoms with Gasteiger partial charge in [-0.25, -0.2) is 8.42 Å². The molecule has 0 spiro atoms. The lowest BCUT2D eigenvalue weighted by molar-refractivity contribution is 0.373. The Morgan fingerprint density at radius 1 is 1.33 bits per heavy atom. The minimum atomic E-state index is -3.38. The van der Waals surface area contributed by atoms with Gasteiger partial charge in [0.15, 0.2) is 0 Å². The molecule has 0 atom stereocenters. The van der Waals surface area contributed by atoms with E-state index in [0.717, 1.165) is 31.2 Å². The Bertz CT molecular complexity index is 507. The maximum Gasteiger partial charge on any atom is 0.243 e. The summed E-state index contributed by atoms with van der Waals surface area (Å²) in [6.45, 7) is 0.358. The average molecular weight is 268 g/mol. The van der Waals surface area contributed by atoms with Gasteiger partial charge in [0.25, 0.3) is 0 Å². The molecule has 2 rings (SSSR count). The van der Waals surface area contributed by atoms with Crippen LogP contribution in [0.4, 0.5) is 0 Å². The van der Waals surface area contributed by atoms with E-state index in [-0.39, 0.29) is 6.04 Å². The lowest BCUT2D eigenvalue weighted by Gasteiger charge is -2.23. The largest absolute Gasteiger partial charge is 0.326 e. The van der Waals surface area contributed by atoms with Crippen LogP contribution in [0, 0.1) is 0 Å². The Hall–Kier alpha value is -0.910. The Morgan fingerprint density at radius 2 is 2.00 bits per heavy atom. The summed E-state index contributed by atoms with van der Waals surface area (Å²) in [6, 6.07) is 7.05. The lowest BCUT2D eigenvalue weighted by Crippen LogP contribution is -2.35. The highest BCUT2D eigenvalue weighted by atomic mass is 32.2. The summed E-state index contributed by atoms with van der Waals surface area (Å²) in [5, 5.41) is 0. The molecule has 5 heteroatoms. The van der Waals surface area contributed by atoms with Crippen molar-refractivity contribution < 1.29 is 8.42 Å². The number of hydrogen-bond donors (Lipinski definition) is 1. The predicted octanol–water partition coefficient (Wildman–Crippen LogP) is 1.71. The van der Waals surface area contributed by atoms with Gasteiger partial charge < -0.3 is 5.73 Å². The van der Waals surface area contributed by atoms with Crippen LogP contribution in [-0.2, 0) is 16.6 Å². The molecule has 1 fully saturated rings. The number of nitrogens with zero attached hydrogens (tertiary/aromatic N) is 1. The van der Waals surface area contributed by atoms with Crippen LogP contribution in [0.1, 0.15) is 31.2 Å². The fourth-order valence-corrected chi connectivity index (χ4v) is 3.95. The van der Waals surface area contributed by atoms with Crippen LogP contribution in [0.2, 0.25) is 0 Å². The van der Waals surface area contributed by atoms with E-state index in [0.29, 0.717) is 11.4 Å². The summed E-state index contributed by atoms with van der Waals surface area (Å²) in [7, 11) is -1.70. The molecule has 2 N–H and O–H groups in total. The smallest absolute Gasteiger partial charge is 0.243 e. The van der Waals surface area contributed by atoms with Crippen molar-refractivity contribution in [3.05, 3.63) is 29.8 Å². The fraction of sp³-hybridized carbons (Fsp3) is 0.538. The van der Waals surface area contributed by atoms with Gasteiger partial charge in [-0.3, -0.25) is 0 Å². The van der Waals surface area contributed by atoms with Crippen molar-refractivity contribution in [1.82, 2.24) is 4.31 Å². The number of sulfonamides is 1.